The van der Waals surface area contributed by atoms with E-state index in [2.05, 4.69) is 5.32 Å². The largest absolute Gasteiger partial charge is 0.480 e. The Balaban J connectivity index is 2.84. The molecule has 0 unspecified atom stereocenters. The first-order valence-corrected chi connectivity index (χ1v) is 6.54. The van der Waals surface area contributed by atoms with Crippen molar-refractivity contribution in [1.29, 1.82) is 0 Å². The summed E-state index contributed by atoms with van der Waals surface area (Å²) in [5.41, 5.74) is 5.12. The molecule has 1 atom stereocenters. The number of hydrogen-bond donors (Lipinski definition) is 3. The molecule has 2 amide bonds. The molecule has 6 nitrogen and oxygen atoms in total. The molecule has 0 aromatic heterocycles. The summed E-state index contributed by atoms with van der Waals surface area (Å²) < 4.78 is 0.766. The van der Waals surface area contributed by atoms with Crippen LogP contribution in [0.4, 0.5) is 0 Å². The zero-order valence-corrected chi connectivity index (χ0v) is 12.4. The normalized spacial score (nSPS) is 11.7. The van der Waals surface area contributed by atoms with Gasteiger partial charge in [0.2, 0.25) is 5.91 Å². The average molecular weight is 397 g/mol. The van der Waals surface area contributed by atoms with E-state index in [9.17, 15) is 14.4 Å². The molecule has 0 saturated heterocycles. The van der Waals surface area contributed by atoms with Crippen LogP contribution in [0.1, 0.15) is 16.8 Å². The third-order valence-electron chi connectivity index (χ3n) is 2.19. The predicted octanol–water partition coefficient (Wildman–Crippen LogP) is 1.00. The highest BCUT2D eigenvalue weighted by Crippen LogP contribution is 2.19. The summed E-state index contributed by atoms with van der Waals surface area (Å²) in [5, 5.41) is 11.5. The molecule has 8 heteroatoms. The Morgan fingerprint density at radius 1 is 1.42 bits per heavy atom. The Kier molecular flexibility index (Phi) is 5.55. The number of rotatable bonds is 5. The highest BCUT2D eigenvalue weighted by molar-refractivity contribution is 14.1. The zero-order valence-electron chi connectivity index (χ0n) is 9.52. The first-order valence-electron chi connectivity index (χ1n) is 5.08. The van der Waals surface area contributed by atoms with Gasteiger partial charge in [-0.15, -0.1) is 0 Å². The van der Waals surface area contributed by atoms with Crippen LogP contribution >= 0.6 is 34.2 Å². The number of carbonyl (C=O) groups is 3. The van der Waals surface area contributed by atoms with Gasteiger partial charge in [-0.3, -0.25) is 9.59 Å². The quantitative estimate of drug-likeness (QED) is 0.645. The van der Waals surface area contributed by atoms with Crippen molar-refractivity contribution in [3.63, 3.8) is 0 Å². The molecule has 0 aliphatic heterocycles. The number of nitrogens with one attached hydrogen (secondary N) is 1. The molecule has 102 valence electrons. The summed E-state index contributed by atoms with van der Waals surface area (Å²) in [6, 6.07) is 3.19. The maximum Gasteiger partial charge on any atom is 0.326 e. The summed E-state index contributed by atoms with van der Waals surface area (Å²) in [4.78, 5) is 33.4. The number of aliphatic carboxylic acids is 1. The van der Waals surface area contributed by atoms with Crippen LogP contribution in [-0.2, 0) is 9.59 Å². The van der Waals surface area contributed by atoms with Crippen LogP contribution in [0, 0.1) is 3.57 Å². The molecule has 0 radical (unpaired) electrons. The fraction of sp³-hybridized carbons (Fsp3) is 0.182. The van der Waals surface area contributed by atoms with Gasteiger partial charge < -0.3 is 16.2 Å². The van der Waals surface area contributed by atoms with Crippen molar-refractivity contribution in [2.75, 3.05) is 0 Å². The van der Waals surface area contributed by atoms with E-state index in [4.69, 9.17) is 22.4 Å². The van der Waals surface area contributed by atoms with Crippen molar-refractivity contribution in [2.24, 2.45) is 5.73 Å². The van der Waals surface area contributed by atoms with E-state index in [-0.39, 0.29) is 5.56 Å². The van der Waals surface area contributed by atoms with Gasteiger partial charge in [0.05, 0.1) is 11.4 Å². The van der Waals surface area contributed by atoms with Gasteiger partial charge in [-0.25, -0.2) is 4.79 Å². The first-order chi connectivity index (χ1) is 8.81. The lowest BCUT2D eigenvalue weighted by atomic mass is 10.1. The van der Waals surface area contributed by atoms with Gasteiger partial charge in [-0.05, 0) is 40.8 Å². The first kappa shape index (κ1) is 15.7. The minimum absolute atomic E-state index is 0.209. The molecule has 1 aromatic carbocycles. The van der Waals surface area contributed by atoms with Gasteiger partial charge in [-0.2, -0.15) is 0 Å². The van der Waals surface area contributed by atoms with Crippen LogP contribution in [0.5, 0.6) is 0 Å². The van der Waals surface area contributed by atoms with Crippen LogP contribution in [0.15, 0.2) is 18.2 Å². The number of carbonyl (C=O) groups excluding carboxylic acids is 2. The Morgan fingerprint density at radius 3 is 2.53 bits per heavy atom. The van der Waals surface area contributed by atoms with Gasteiger partial charge >= 0.3 is 5.97 Å². The number of carboxylic acids is 1. The lowest BCUT2D eigenvalue weighted by molar-refractivity contribution is -0.140. The van der Waals surface area contributed by atoms with Gasteiger partial charge in [0.25, 0.3) is 5.91 Å². The summed E-state index contributed by atoms with van der Waals surface area (Å²) >= 11 is 7.86. The number of primary amides is 1. The zero-order chi connectivity index (χ0) is 14.6. The van der Waals surface area contributed by atoms with E-state index in [0.717, 1.165) is 3.57 Å². The summed E-state index contributed by atoms with van der Waals surface area (Å²) in [5.74, 6) is -2.77. The van der Waals surface area contributed by atoms with Gasteiger partial charge in [-0.1, -0.05) is 11.6 Å². The number of amides is 2. The maximum atomic E-state index is 11.8. The van der Waals surface area contributed by atoms with Crippen molar-refractivity contribution >= 4 is 52.0 Å². The van der Waals surface area contributed by atoms with Crippen LogP contribution in [0.2, 0.25) is 5.02 Å². The standard InChI is InChI=1S/C11H10ClIN2O4/c12-6-3-5(1-2-7(6)13)10(17)15-8(11(18)19)4-9(14)16/h1-3,8H,4H2,(H2,14,16)(H,15,17)(H,18,19)/t8-/m0/s1. The fourth-order valence-electron chi connectivity index (χ4n) is 1.28. The van der Waals surface area contributed by atoms with E-state index in [1.165, 1.54) is 12.1 Å². The van der Waals surface area contributed by atoms with Gasteiger partial charge in [0.15, 0.2) is 0 Å². The van der Waals surface area contributed by atoms with E-state index in [0.29, 0.717) is 5.02 Å². The minimum Gasteiger partial charge on any atom is -0.480 e. The molecule has 1 rings (SSSR count). The van der Waals surface area contributed by atoms with E-state index in [1.54, 1.807) is 6.07 Å². The molecule has 0 heterocycles. The highest BCUT2D eigenvalue weighted by atomic mass is 127. The second kappa shape index (κ2) is 6.71. The molecular formula is C11H10ClIN2O4. The third-order valence-corrected chi connectivity index (χ3v) is 3.76. The van der Waals surface area contributed by atoms with Crippen molar-refractivity contribution in [2.45, 2.75) is 12.5 Å². The number of benzene rings is 1. The van der Waals surface area contributed by atoms with Crippen molar-refractivity contribution in [3.8, 4) is 0 Å². The van der Waals surface area contributed by atoms with Crippen LogP contribution in [0.3, 0.4) is 0 Å². The Bertz CT molecular complexity index is 535. The van der Waals surface area contributed by atoms with E-state index in [1.807, 2.05) is 22.6 Å². The molecule has 0 saturated carbocycles. The van der Waals surface area contributed by atoms with Crippen molar-refractivity contribution in [1.82, 2.24) is 5.32 Å². The number of hydrogen-bond acceptors (Lipinski definition) is 3. The lowest BCUT2D eigenvalue weighted by Crippen LogP contribution is -2.43. The second-order valence-electron chi connectivity index (χ2n) is 3.66. The molecule has 4 N–H and O–H groups in total. The van der Waals surface area contributed by atoms with Crippen LogP contribution < -0.4 is 11.1 Å². The topological polar surface area (TPSA) is 109 Å². The van der Waals surface area contributed by atoms with E-state index < -0.39 is 30.2 Å². The van der Waals surface area contributed by atoms with Gasteiger partial charge in [0.1, 0.15) is 6.04 Å². The number of halogens is 2. The fourth-order valence-corrected chi connectivity index (χ4v) is 1.80. The molecule has 19 heavy (non-hydrogen) atoms. The SMILES string of the molecule is NC(=O)C[C@H](NC(=O)c1ccc(I)c(Cl)c1)C(=O)O. The average Bonchev–Trinajstić information content (AvgIpc) is 2.31. The molecule has 0 aliphatic rings. The predicted molar refractivity (Wildman–Crippen MR) is 76.9 cm³/mol. The maximum absolute atomic E-state index is 11.8. The molecule has 0 spiro atoms. The summed E-state index contributed by atoms with van der Waals surface area (Å²) in [6.45, 7) is 0. The molecular weight excluding hydrogens is 386 g/mol. The Morgan fingerprint density at radius 2 is 2.05 bits per heavy atom. The number of carboxylic acid groups (broad SMARTS) is 1. The molecule has 1 aromatic rings. The van der Waals surface area contributed by atoms with Crippen LogP contribution in [0.25, 0.3) is 0 Å². The van der Waals surface area contributed by atoms with Crippen molar-refractivity contribution in [3.05, 3.63) is 32.4 Å². The molecule has 0 bridgehead atoms. The minimum atomic E-state index is -1.36. The number of nitrogens with two attached hydrogens (primary N) is 1. The summed E-state index contributed by atoms with van der Waals surface area (Å²) in [7, 11) is 0. The Hall–Kier alpha value is -1.35. The van der Waals surface area contributed by atoms with Crippen molar-refractivity contribution < 1.29 is 19.5 Å². The second-order valence-corrected chi connectivity index (χ2v) is 5.23. The molecule has 0 aliphatic carbocycles. The van der Waals surface area contributed by atoms with Crippen LogP contribution in [-0.4, -0.2) is 28.9 Å². The van der Waals surface area contributed by atoms with Gasteiger partial charge in [0, 0.05) is 9.13 Å². The van der Waals surface area contributed by atoms with E-state index >= 15 is 0 Å². The molecule has 0 fully saturated rings. The highest BCUT2D eigenvalue weighted by Gasteiger charge is 2.22. The summed E-state index contributed by atoms with van der Waals surface area (Å²) in [6.07, 6.45) is -0.473. The lowest BCUT2D eigenvalue weighted by Gasteiger charge is -2.13. The third kappa shape index (κ3) is 4.67. The Labute approximate surface area is 127 Å². The smallest absolute Gasteiger partial charge is 0.326 e. The monoisotopic (exact) mass is 396 g/mol.